The quantitative estimate of drug-likeness (QED) is 0.891. The van der Waals surface area contributed by atoms with E-state index in [0.717, 1.165) is 0 Å². The highest BCUT2D eigenvalue weighted by Crippen LogP contribution is 2.34. The maximum absolute atomic E-state index is 12.9. The molecule has 1 aromatic heterocycles. The first-order chi connectivity index (χ1) is 9.02. The first-order valence-electron chi connectivity index (χ1n) is 5.49. The molecule has 0 aliphatic carbocycles. The molecule has 1 atom stereocenters. The maximum atomic E-state index is 12.9. The average Bonchev–Trinajstić information content (AvgIpc) is 2.26. The van der Waals surface area contributed by atoms with Crippen LogP contribution in [0.15, 0.2) is 6.07 Å². The predicted octanol–water partition coefficient (Wildman–Crippen LogP) is 2.39. The summed E-state index contributed by atoms with van der Waals surface area (Å²) < 4.78 is 38.8. The van der Waals surface area contributed by atoms with E-state index in [1.807, 2.05) is 5.32 Å². The first kappa shape index (κ1) is 15.8. The van der Waals surface area contributed by atoms with Crippen molar-refractivity contribution in [1.82, 2.24) is 4.98 Å². The van der Waals surface area contributed by atoms with Crippen molar-refractivity contribution in [2.45, 2.75) is 32.5 Å². The molecule has 1 rings (SSSR count). The molecule has 0 aromatic carbocycles. The van der Waals surface area contributed by atoms with Crippen LogP contribution in [0.25, 0.3) is 0 Å². The number of rotatable bonds is 3. The Bertz CT molecular complexity index is 593. The summed E-state index contributed by atoms with van der Waals surface area (Å²) in [4.78, 5) is 14.7. The van der Waals surface area contributed by atoms with Gasteiger partial charge < -0.3 is 10.4 Å². The highest BCUT2D eigenvalue weighted by molar-refractivity contribution is 5.83. The van der Waals surface area contributed by atoms with Gasteiger partial charge in [-0.1, -0.05) is 0 Å². The molecule has 1 unspecified atom stereocenters. The topological polar surface area (TPSA) is 86.0 Å². The molecule has 108 valence electrons. The van der Waals surface area contributed by atoms with E-state index in [2.05, 4.69) is 4.98 Å². The Kier molecular flexibility index (Phi) is 3.94. The summed E-state index contributed by atoms with van der Waals surface area (Å²) in [7, 11) is 0. The molecule has 20 heavy (non-hydrogen) atoms. The van der Waals surface area contributed by atoms with E-state index in [-0.39, 0.29) is 5.56 Å². The van der Waals surface area contributed by atoms with Crippen molar-refractivity contribution in [1.29, 1.82) is 5.26 Å². The standard InChI is InChI=1S/C12H12F3N3O2/c1-6-4-7(2)17-9(8(6)5-16)18-11(3,10(19)20)12(13,14)15/h4H,1-3H3,(H,17,18)(H,19,20). The van der Waals surface area contributed by atoms with Gasteiger partial charge in [-0.15, -0.1) is 0 Å². The number of halogens is 3. The van der Waals surface area contributed by atoms with Gasteiger partial charge in [-0.05, 0) is 32.4 Å². The lowest BCUT2D eigenvalue weighted by Gasteiger charge is -2.29. The molecule has 0 saturated carbocycles. The van der Waals surface area contributed by atoms with E-state index in [0.29, 0.717) is 18.2 Å². The van der Waals surface area contributed by atoms with E-state index in [4.69, 9.17) is 10.4 Å². The molecule has 0 saturated heterocycles. The van der Waals surface area contributed by atoms with Crippen LogP contribution < -0.4 is 5.32 Å². The van der Waals surface area contributed by atoms with Gasteiger partial charge in [-0.25, -0.2) is 9.78 Å². The number of aliphatic carboxylic acids is 1. The number of alkyl halides is 3. The molecule has 0 spiro atoms. The number of carbonyl (C=O) groups is 1. The monoisotopic (exact) mass is 287 g/mol. The minimum atomic E-state index is -5.05. The zero-order chi connectivity index (χ0) is 15.7. The molecule has 1 heterocycles. The first-order valence-corrected chi connectivity index (χ1v) is 5.49. The van der Waals surface area contributed by atoms with Gasteiger partial charge in [0.1, 0.15) is 11.9 Å². The number of nitriles is 1. The summed E-state index contributed by atoms with van der Waals surface area (Å²) in [6, 6.07) is 3.24. The van der Waals surface area contributed by atoms with Gasteiger partial charge >= 0.3 is 12.1 Å². The van der Waals surface area contributed by atoms with Crippen molar-refractivity contribution >= 4 is 11.8 Å². The molecule has 0 aliphatic heterocycles. The summed E-state index contributed by atoms with van der Waals surface area (Å²) in [5, 5.41) is 19.6. The average molecular weight is 287 g/mol. The number of pyridine rings is 1. The Morgan fingerprint density at radius 2 is 2.00 bits per heavy atom. The molecule has 8 heteroatoms. The molecule has 2 N–H and O–H groups in total. The molecule has 1 aromatic rings. The Hall–Kier alpha value is -2.30. The number of nitrogens with one attached hydrogen (secondary N) is 1. The molecular formula is C12H12F3N3O2. The fourth-order valence-corrected chi connectivity index (χ4v) is 1.55. The van der Waals surface area contributed by atoms with Crippen LogP contribution in [0.3, 0.4) is 0 Å². The summed E-state index contributed by atoms with van der Waals surface area (Å²) in [5.74, 6) is -2.50. The Morgan fingerprint density at radius 3 is 2.40 bits per heavy atom. The fourth-order valence-electron chi connectivity index (χ4n) is 1.55. The van der Waals surface area contributed by atoms with Gasteiger partial charge in [0.25, 0.3) is 0 Å². The van der Waals surface area contributed by atoms with Crippen LogP contribution in [-0.4, -0.2) is 27.8 Å². The van der Waals surface area contributed by atoms with E-state index < -0.39 is 23.5 Å². The van der Waals surface area contributed by atoms with Crippen LogP contribution in [0.1, 0.15) is 23.7 Å². The van der Waals surface area contributed by atoms with Gasteiger partial charge in [0.05, 0.1) is 5.56 Å². The number of nitrogens with zero attached hydrogens (tertiary/aromatic N) is 2. The van der Waals surface area contributed by atoms with E-state index in [1.165, 1.54) is 19.9 Å². The maximum Gasteiger partial charge on any atom is 0.422 e. The molecule has 0 fully saturated rings. The number of anilines is 1. The van der Waals surface area contributed by atoms with Crippen LogP contribution in [0.4, 0.5) is 19.0 Å². The lowest BCUT2D eigenvalue weighted by molar-refractivity contribution is -0.192. The second-order valence-electron chi connectivity index (χ2n) is 4.47. The van der Waals surface area contributed by atoms with Crippen LogP contribution in [-0.2, 0) is 4.79 Å². The number of hydrogen-bond acceptors (Lipinski definition) is 4. The fraction of sp³-hybridized carbons (Fsp3) is 0.417. The van der Waals surface area contributed by atoms with Crippen LogP contribution in [0.2, 0.25) is 0 Å². The molecule has 5 nitrogen and oxygen atoms in total. The second-order valence-corrected chi connectivity index (χ2v) is 4.47. The van der Waals surface area contributed by atoms with Crippen molar-refractivity contribution in [2.24, 2.45) is 0 Å². The van der Waals surface area contributed by atoms with E-state index in [9.17, 15) is 18.0 Å². The van der Waals surface area contributed by atoms with Crippen molar-refractivity contribution in [2.75, 3.05) is 5.32 Å². The number of carboxylic acid groups (broad SMARTS) is 1. The number of hydrogen-bond donors (Lipinski definition) is 2. The lowest BCUT2D eigenvalue weighted by atomic mass is 10.0. The lowest BCUT2D eigenvalue weighted by Crippen LogP contribution is -2.56. The summed E-state index contributed by atoms with van der Waals surface area (Å²) in [6.07, 6.45) is -5.05. The minimum Gasteiger partial charge on any atom is -0.479 e. The van der Waals surface area contributed by atoms with Crippen LogP contribution >= 0.6 is 0 Å². The van der Waals surface area contributed by atoms with Crippen molar-refractivity contribution in [3.63, 3.8) is 0 Å². The SMILES string of the molecule is Cc1cc(C)c(C#N)c(NC(C)(C(=O)O)C(F)(F)F)n1. The minimum absolute atomic E-state index is 0.118. The van der Waals surface area contributed by atoms with Crippen LogP contribution in [0.5, 0.6) is 0 Å². The van der Waals surface area contributed by atoms with Gasteiger partial charge in [0, 0.05) is 5.69 Å². The van der Waals surface area contributed by atoms with Gasteiger partial charge in [-0.3, -0.25) is 0 Å². The van der Waals surface area contributed by atoms with Crippen molar-refractivity contribution in [3.05, 3.63) is 22.9 Å². The largest absolute Gasteiger partial charge is 0.479 e. The zero-order valence-electron chi connectivity index (χ0n) is 11.0. The van der Waals surface area contributed by atoms with Crippen molar-refractivity contribution < 1.29 is 23.1 Å². The number of aromatic nitrogens is 1. The predicted molar refractivity (Wildman–Crippen MR) is 64.1 cm³/mol. The smallest absolute Gasteiger partial charge is 0.422 e. The van der Waals surface area contributed by atoms with Gasteiger partial charge in [0.2, 0.25) is 5.54 Å². The third-order valence-electron chi connectivity index (χ3n) is 2.82. The third-order valence-corrected chi connectivity index (χ3v) is 2.82. The molecular weight excluding hydrogens is 275 g/mol. The Morgan fingerprint density at radius 1 is 1.45 bits per heavy atom. The molecule has 0 aliphatic rings. The highest BCUT2D eigenvalue weighted by Gasteiger charge is 2.58. The Labute approximate surface area is 113 Å². The zero-order valence-corrected chi connectivity index (χ0v) is 11.0. The molecule has 0 amide bonds. The highest BCUT2D eigenvalue weighted by atomic mass is 19.4. The van der Waals surface area contributed by atoms with E-state index in [1.54, 1.807) is 6.07 Å². The van der Waals surface area contributed by atoms with E-state index >= 15 is 0 Å². The Balaban J connectivity index is 3.41. The summed E-state index contributed by atoms with van der Waals surface area (Å²) in [6.45, 7) is 3.55. The third kappa shape index (κ3) is 2.66. The second kappa shape index (κ2) is 5.00. The molecule has 0 bridgehead atoms. The van der Waals surface area contributed by atoms with Crippen molar-refractivity contribution in [3.8, 4) is 6.07 Å². The van der Waals surface area contributed by atoms with Crippen LogP contribution in [0, 0.1) is 25.2 Å². The van der Waals surface area contributed by atoms with Gasteiger partial charge in [0.15, 0.2) is 0 Å². The number of carboxylic acids is 1. The summed E-state index contributed by atoms with van der Waals surface area (Å²) >= 11 is 0. The normalized spacial score (nSPS) is 14.2. The van der Waals surface area contributed by atoms with Gasteiger partial charge in [-0.2, -0.15) is 18.4 Å². The number of aryl methyl sites for hydroxylation is 2. The summed E-state index contributed by atoms with van der Waals surface area (Å²) in [5.41, 5.74) is -2.56. The molecule has 0 radical (unpaired) electrons.